The first-order valence-corrected chi connectivity index (χ1v) is 6.70. The van der Waals surface area contributed by atoms with E-state index in [2.05, 4.69) is 10.4 Å². The molecule has 1 rings (SSSR count). The zero-order valence-corrected chi connectivity index (χ0v) is 12.5. The summed E-state index contributed by atoms with van der Waals surface area (Å²) in [7, 11) is 1.78. The number of carbonyl (C=O) groups excluding carboxylic acids is 1. The van der Waals surface area contributed by atoms with Crippen molar-refractivity contribution in [1.29, 1.82) is 0 Å². The average Bonchev–Trinajstić information content (AvgIpc) is 2.68. The fraction of sp³-hybridized carbons (Fsp3) is 0.714. The van der Waals surface area contributed by atoms with Crippen molar-refractivity contribution in [2.24, 2.45) is 12.5 Å². The molecular formula is C14H25N3O2. The van der Waals surface area contributed by atoms with Crippen LogP contribution < -0.4 is 5.32 Å². The molecule has 0 atom stereocenters. The normalized spacial score (nSPS) is 11.9. The van der Waals surface area contributed by atoms with Crippen LogP contribution in [0.3, 0.4) is 0 Å². The van der Waals surface area contributed by atoms with Gasteiger partial charge < -0.3 is 10.4 Å². The van der Waals surface area contributed by atoms with E-state index in [0.717, 1.165) is 5.69 Å². The Balaban J connectivity index is 2.68. The fourth-order valence-corrected chi connectivity index (χ4v) is 1.79. The Kier molecular flexibility index (Phi) is 5.11. The molecule has 0 radical (unpaired) electrons. The number of carbonyl (C=O) groups is 1. The lowest BCUT2D eigenvalue weighted by Crippen LogP contribution is -2.35. The van der Waals surface area contributed by atoms with Crippen molar-refractivity contribution in [3.63, 3.8) is 0 Å². The molecule has 5 heteroatoms. The van der Waals surface area contributed by atoms with E-state index in [4.69, 9.17) is 5.11 Å². The van der Waals surface area contributed by atoms with Crippen LogP contribution in [0.25, 0.3) is 0 Å². The molecule has 0 fully saturated rings. The molecule has 0 spiro atoms. The molecule has 1 aromatic rings. The van der Waals surface area contributed by atoms with Crippen molar-refractivity contribution in [2.75, 3.05) is 13.2 Å². The maximum absolute atomic E-state index is 12.1. The highest BCUT2D eigenvalue weighted by Gasteiger charge is 2.20. The monoisotopic (exact) mass is 267 g/mol. The van der Waals surface area contributed by atoms with Gasteiger partial charge in [0.1, 0.15) is 5.69 Å². The van der Waals surface area contributed by atoms with Crippen LogP contribution in [0.15, 0.2) is 6.07 Å². The molecule has 2 N–H and O–H groups in total. The third-order valence-electron chi connectivity index (χ3n) is 3.24. The van der Waals surface area contributed by atoms with E-state index in [1.807, 2.05) is 33.8 Å². The zero-order chi connectivity index (χ0) is 14.6. The summed E-state index contributed by atoms with van der Waals surface area (Å²) in [6.07, 6.45) is 0.663. The molecule has 0 aliphatic rings. The highest BCUT2D eigenvalue weighted by molar-refractivity contribution is 5.92. The van der Waals surface area contributed by atoms with E-state index in [-0.39, 0.29) is 17.9 Å². The summed E-state index contributed by atoms with van der Waals surface area (Å²) >= 11 is 0. The number of amides is 1. The molecule has 0 aliphatic heterocycles. The standard InChI is InChI=1S/C14H25N3O2/c1-10(2)11-8-12(17(5)16-11)13(19)15-9-14(3,4)6-7-18/h8,10,18H,6-7,9H2,1-5H3,(H,15,19). The molecule has 1 amide bonds. The predicted molar refractivity (Wildman–Crippen MR) is 75.1 cm³/mol. The minimum Gasteiger partial charge on any atom is -0.396 e. The van der Waals surface area contributed by atoms with Gasteiger partial charge in [-0.2, -0.15) is 5.10 Å². The summed E-state index contributed by atoms with van der Waals surface area (Å²) in [6.45, 7) is 8.81. The van der Waals surface area contributed by atoms with Gasteiger partial charge in [0.05, 0.1) is 5.69 Å². The first-order chi connectivity index (χ1) is 8.76. The van der Waals surface area contributed by atoms with Crippen LogP contribution >= 0.6 is 0 Å². The van der Waals surface area contributed by atoms with Crippen LogP contribution in [0.1, 0.15) is 56.2 Å². The van der Waals surface area contributed by atoms with Crippen molar-refractivity contribution in [2.45, 2.75) is 40.0 Å². The Hall–Kier alpha value is -1.36. The Bertz CT molecular complexity index is 436. The number of nitrogens with one attached hydrogen (secondary N) is 1. The van der Waals surface area contributed by atoms with E-state index >= 15 is 0 Å². The van der Waals surface area contributed by atoms with Gasteiger partial charge in [-0.15, -0.1) is 0 Å². The zero-order valence-electron chi connectivity index (χ0n) is 12.5. The topological polar surface area (TPSA) is 67.2 Å². The predicted octanol–water partition coefficient (Wildman–Crippen LogP) is 1.68. The van der Waals surface area contributed by atoms with Gasteiger partial charge in [0.2, 0.25) is 0 Å². The van der Waals surface area contributed by atoms with Gasteiger partial charge in [-0.1, -0.05) is 27.7 Å². The van der Waals surface area contributed by atoms with Gasteiger partial charge in [0.25, 0.3) is 5.91 Å². The first-order valence-electron chi connectivity index (χ1n) is 6.70. The lowest BCUT2D eigenvalue weighted by Gasteiger charge is -2.23. The van der Waals surface area contributed by atoms with Crippen molar-refractivity contribution in [1.82, 2.24) is 15.1 Å². The summed E-state index contributed by atoms with van der Waals surface area (Å²) in [6, 6.07) is 1.83. The van der Waals surface area contributed by atoms with E-state index in [1.54, 1.807) is 11.7 Å². The van der Waals surface area contributed by atoms with Gasteiger partial charge in [-0.25, -0.2) is 0 Å². The second-order valence-electron chi connectivity index (χ2n) is 6.05. The summed E-state index contributed by atoms with van der Waals surface area (Å²) < 4.78 is 1.61. The van der Waals surface area contributed by atoms with Crippen molar-refractivity contribution >= 4 is 5.91 Å². The minimum atomic E-state index is -0.118. The van der Waals surface area contributed by atoms with E-state index in [0.29, 0.717) is 24.6 Å². The van der Waals surface area contributed by atoms with E-state index < -0.39 is 0 Å². The second-order valence-corrected chi connectivity index (χ2v) is 6.05. The maximum atomic E-state index is 12.1. The van der Waals surface area contributed by atoms with E-state index in [1.165, 1.54) is 0 Å². The third kappa shape index (κ3) is 4.35. The summed E-state index contributed by atoms with van der Waals surface area (Å²) in [4.78, 5) is 12.1. The number of aromatic nitrogens is 2. The third-order valence-corrected chi connectivity index (χ3v) is 3.24. The number of aliphatic hydroxyl groups excluding tert-OH is 1. The number of hydrogen-bond donors (Lipinski definition) is 2. The minimum absolute atomic E-state index is 0.107. The molecule has 19 heavy (non-hydrogen) atoms. The quantitative estimate of drug-likeness (QED) is 0.824. The number of rotatable bonds is 6. The summed E-state index contributed by atoms with van der Waals surface area (Å²) in [5.74, 6) is 0.187. The Morgan fingerprint density at radius 1 is 1.53 bits per heavy atom. The molecule has 0 unspecified atom stereocenters. The molecule has 0 saturated heterocycles. The van der Waals surface area contributed by atoms with Crippen LogP contribution in [0.2, 0.25) is 0 Å². The lowest BCUT2D eigenvalue weighted by molar-refractivity contribution is 0.0918. The molecular weight excluding hydrogens is 242 g/mol. The van der Waals surface area contributed by atoms with Gasteiger partial charge in [0.15, 0.2) is 0 Å². The van der Waals surface area contributed by atoms with Crippen LogP contribution in [0.4, 0.5) is 0 Å². The van der Waals surface area contributed by atoms with Crippen molar-refractivity contribution < 1.29 is 9.90 Å². The smallest absolute Gasteiger partial charge is 0.269 e. The highest BCUT2D eigenvalue weighted by atomic mass is 16.3. The molecule has 0 saturated carbocycles. The van der Waals surface area contributed by atoms with E-state index in [9.17, 15) is 4.79 Å². The van der Waals surface area contributed by atoms with Crippen LogP contribution in [0, 0.1) is 5.41 Å². The van der Waals surface area contributed by atoms with Gasteiger partial charge in [-0.05, 0) is 23.8 Å². The summed E-state index contributed by atoms with van der Waals surface area (Å²) in [5.41, 5.74) is 1.38. The number of aliphatic hydroxyl groups is 1. The highest BCUT2D eigenvalue weighted by Crippen LogP contribution is 2.18. The van der Waals surface area contributed by atoms with Gasteiger partial charge in [0, 0.05) is 20.2 Å². The van der Waals surface area contributed by atoms with Crippen LogP contribution in [0.5, 0.6) is 0 Å². The molecule has 0 aromatic carbocycles. The number of aryl methyl sites for hydroxylation is 1. The molecule has 0 bridgehead atoms. The van der Waals surface area contributed by atoms with Crippen LogP contribution in [-0.2, 0) is 7.05 Å². The van der Waals surface area contributed by atoms with Crippen LogP contribution in [-0.4, -0.2) is 33.9 Å². The number of hydrogen-bond acceptors (Lipinski definition) is 3. The maximum Gasteiger partial charge on any atom is 0.269 e. The molecule has 108 valence electrons. The average molecular weight is 267 g/mol. The van der Waals surface area contributed by atoms with Crippen molar-refractivity contribution in [3.05, 3.63) is 17.5 Å². The lowest BCUT2D eigenvalue weighted by atomic mass is 9.90. The summed E-state index contributed by atoms with van der Waals surface area (Å²) in [5, 5.41) is 16.2. The first kappa shape index (κ1) is 15.7. The largest absolute Gasteiger partial charge is 0.396 e. The SMILES string of the molecule is CC(C)c1cc(C(=O)NCC(C)(C)CCO)n(C)n1. The molecule has 0 aliphatic carbocycles. The molecule has 1 aromatic heterocycles. The van der Waals surface area contributed by atoms with Gasteiger partial charge >= 0.3 is 0 Å². The van der Waals surface area contributed by atoms with Gasteiger partial charge in [-0.3, -0.25) is 9.48 Å². The Labute approximate surface area is 115 Å². The number of nitrogens with zero attached hydrogens (tertiary/aromatic N) is 2. The molecule has 5 nitrogen and oxygen atoms in total. The second kappa shape index (κ2) is 6.19. The fourth-order valence-electron chi connectivity index (χ4n) is 1.79. The van der Waals surface area contributed by atoms with Crippen molar-refractivity contribution in [3.8, 4) is 0 Å². The Morgan fingerprint density at radius 2 is 2.16 bits per heavy atom. The molecule has 1 heterocycles. The Morgan fingerprint density at radius 3 is 2.63 bits per heavy atom.